The van der Waals surface area contributed by atoms with Gasteiger partial charge in [0.1, 0.15) is 5.82 Å². The summed E-state index contributed by atoms with van der Waals surface area (Å²) in [7, 11) is 0. The van der Waals surface area contributed by atoms with E-state index in [1.165, 1.54) is 6.08 Å². The first-order valence-electron chi connectivity index (χ1n) is 6.35. The third kappa shape index (κ3) is 3.89. The number of amides is 1. The number of aromatic nitrogens is 1. The Hall–Kier alpha value is -2.21. The van der Waals surface area contributed by atoms with Gasteiger partial charge in [-0.2, -0.15) is 0 Å². The van der Waals surface area contributed by atoms with Crippen molar-refractivity contribution in [2.45, 2.75) is 19.4 Å². The van der Waals surface area contributed by atoms with Crippen molar-refractivity contribution in [3.05, 3.63) is 30.0 Å². The number of carbonyl (C=O) groups is 2. The standard InChI is InChI=1S/C14H16N2O4/c1-9-7-10(8-20-9)14(19)16-12-4-2-3-11(15-12)5-6-13(17)18/h2-6,9-10H,7-8H2,1H3,(H,17,18)(H,15,16,19)/b6-5+. The van der Waals surface area contributed by atoms with Gasteiger partial charge in [0.2, 0.25) is 5.91 Å². The first kappa shape index (κ1) is 14.2. The summed E-state index contributed by atoms with van der Waals surface area (Å²) < 4.78 is 5.36. The minimum atomic E-state index is -1.04. The second-order valence-corrected chi connectivity index (χ2v) is 4.69. The summed E-state index contributed by atoms with van der Waals surface area (Å²) in [5.41, 5.74) is 0.473. The maximum absolute atomic E-state index is 12.0. The SMILES string of the molecule is CC1CC(C(=O)Nc2cccc(/C=C/C(=O)O)n2)CO1. The van der Waals surface area contributed by atoms with Crippen molar-refractivity contribution in [1.29, 1.82) is 0 Å². The van der Waals surface area contributed by atoms with Crippen LogP contribution in [0, 0.1) is 5.92 Å². The summed E-state index contributed by atoms with van der Waals surface area (Å²) in [5.74, 6) is -0.924. The van der Waals surface area contributed by atoms with Crippen LogP contribution in [0.15, 0.2) is 24.3 Å². The molecule has 0 aliphatic carbocycles. The van der Waals surface area contributed by atoms with Gasteiger partial charge in [-0.3, -0.25) is 4.79 Å². The molecule has 0 spiro atoms. The topological polar surface area (TPSA) is 88.5 Å². The average Bonchev–Trinajstić information content (AvgIpc) is 2.84. The number of pyridine rings is 1. The highest BCUT2D eigenvalue weighted by Crippen LogP contribution is 2.20. The highest BCUT2D eigenvalue weighted by Gasteiger charge is 2.28. The summed E-state index contributed by atoms with van der Waals surface area (Å²) in [4.78, 5) is 26.6. The quantitative estimate of drug-likeness (QED) is 0.814. The van der Waals surface area contributed by atoms with Crippen LogP contribution >= 0.6 is 0 Å². The Morgan fingerprint density at radius 2 is 2.30 bits per heavy atom. The predicted octanol–water partition coefficient (Wildman–Crippen LogP) is 1.54. The second-order valence-electron chi connectivity index (χ2n) is 4.69. The zero-order valence-corrected chi connectivity index (χ0v) is 11.1. The van der Waals surface area contributed by atoms with Crippen LogP contribution in [0.1, 0.15) is 19.0 Å². The average molecular weight is 276 g/mol. The minimum Gasteiger partial charge on any atom is -0.478 e. The number of nitrogens with one attached hydrogen (secondary N) is 1. The van der Waals surface area contributed by atoms with Crippen molar-refractivity contribution in [2.24, 2.45) is 5.92 Å². The molecule has 6 nitrogen and oxygen atoms in total. The van der Waals surface area contributed by atoms with E-state index in [1.807, 2.05) is 6.92 Å². The number of hydrogen-bond acceptors (Lipinski definition) is 4. The number of aliphatic carboxylic acids is 1. The van der Waals surface area contributed by atoms with E-state index in [0.29, 0.717) is 24.5 Å². The van der Waals surface area contributed by atoms with Crippen LogP contribution in [0.2, 0.25) is 0 Å². The molecule has 106 valence electrons. The highest BCUT2D eigenvalue weighted by atomic mass is 16.5. The third-order valence-electron chi connectivity index (χ3n) is 2.99. The van der Waals surface area contributed by atoms with Gasteiger partial charge in [-0.25, -0.2) is 9.78 Å². The van der Waals surface area contributed by atoms with E-state index >= 15 is 0 Å². The maximum atomic E-state index is 12.0. The van der Waals surface area contributed by atoms with Gasteiger partial charge in [-0.15, -0.1) is 0 Å². The van der Waals surface area contributed by atoms with Gasteiger partial charge in [0, 0.05) is 6.08 Å². The van der Waals surface area contributed by atoms with Gasteiger partial charge >= 0.3 is 5.97 Å². The van der Waals surface area contributed by atoms with Crippen LogP contribution in [0.3, 0.4) is 0 Å². The zero-order chi connectivity index (χ0) is 14.5. The molecule has 1 aliphatic heterocycles. The lowest BCUT2D eigenvalue weighted by Gasteiger charge is -2.09. The number of anilines is 1. The number of carboxylic acids is 1. The molecule has 2 N–H and O–H groups in total. The molecule has 1 amide bonds. The predicted molar refractivity (Wildman–Crippen MR) is 73.1 cm³/mol. The van der Waals surface area contributed by atoms with Crippen LogP contribution in [0.5, 0.6) is 0 Å². The zero-order valence-electron chi connectivity index (χ0n) is 11.1. The largest absolute Gasteiger partial charge is 0.478 e. The van der Waals surface area contributed by atoms with Gasteiger partial charge in [0.05, 0.1) is 24.3 Å². The lowest BCUT2D eigenvalue weighted by Crippen LogP contribution is -2.23. The van der Waals surface area contributed by atoms with Gasteiger partial charge in [0.25, 0.3) is 0 Å². The summed E-state index contributed by atoms with van der Waals surface area (Å²) in [6.45, 7) is 2.36. The normalized spacial score (nSPS) is 22.1. The molecule has 0 radical (unpaired) electrons. The van der Waals surface area contributed by atoms with Crippen molar-refractivity contribution in [2.75, 3.05) is 11.9 Å². The van der Waals surface area contributed by atoms with Crippen LogP contribution in [-0.2, 0) is 14.3 Å². The monoisotopic (exact) mass is 276 g/mol. The highest BCUT2D eigenvalue weighted by molar-refractivity contribution is 5.92. The number of carboxylic acid groups (broad SMARTS) is 1. The Morgan fingerprint density at radius 3 is 2.95 bits per heavy atom. The molecule has 0 bridgehead atoms. The Bertz CT molecular complexity index is 542. The molecule has 1 aromatic rings. The van der Waals surface area contributed by atoms with E-state index in [4.69, 9.17) is 9.84 Å². The number of nitrogens with zero attached hydrogens (tertiary/aromatic N) is 1. The molecule has 0 saturated carbocycles. The first-order chi connectivity index (χ1) is 9.54. The van der Waals surface area contributed by atoms with Crippen LogP contribution in [0.4, 0.5) is 5.82 Å². The lowest BCUT2D eigenvalue weighted by atomic mass is 10.1. The molecule has 1 aliphatic rings. The Labute approximate surface area is 116 Å². The van der Waals surface area contributed by atoms with Crippen molar-refractivity contribution < 1.29 is 19.4 Å². The van der Waals surface area contributed by atoms with E-state index in [2.05, 4.69) is 10.3 Å². The molecule has 2 heterocycles. The molecular formula is C14H16N2O4. The molecule has 1 saturated heterocycles. The molecule has 2 rings (SSSR count). The van der Waals surface area contributed by atoms with Crippen LogP contribution in [-0.4, -0.2) is 34.7 Å². The van der Waals surface area contributed by atoms with Gasteiger partial charge in [-0.05, 0) is 31.6 Å². The minimum absolute atomic E-state index is 0.101. The second kappa shape index (κ2) is 6.29. The Kier molecular flexibility index (Phi) is 4.47. The molecule has 1 fully saturated rings. The van der Waals surface area contributed by atoms with Crippen LogP contribution in [0.25, 0.3) is 6.08 Å². The summed E-state index contributed by atoms with van der Waals surface area (Å²) in [6, 6.07) is 5.03. The fraction of sp³-hybridized carbons (Fsp3) is 0.357. The molecule has 2 atom stereocenters. The Balaban J connectivity index is 2.00. The smallest absolute Gasteiger partial charge is 0.328 e. The van der Waals surface area contributed by atoms with Crippen LogP contribution < -0.4 is 5.32 Å². The van der Waals surface area contributed by atoms with E-state index in [9.17, 15) is 9.59 Å². The van der Waals surface area contributed by atoms with Crippen molar-refractivity contribution >= 4 is 23.8 Å². The van der Waals surface area contributed by atoms with Gasteiger partial charge in [0.15, 0.2) is 0 Å². The lowest BCUT2D eigenvalue weighted by molar-refractivity contribution is -0.131. The third-order valence-corrected chi connectivity index (χ3v) is 2.99. The molecule has 6 heteroatoms. The molecule has 20 heavy (non-hydrogen) atoms. The summed E-state index contributed by atoms with van der Waals surface area (Å²) >= 11 is 0. The first-order valence-corrected chi connectivity index (χ1v) is 6.35. The van der Waals surface area contributed by atoms with E-state index < -0.39 is 5.97 Å². The van der Waals surface area contributed by atoms with Gasteiger partial charge in [-0.1, -0.05) is 6.07 Å². The maximum Gasteiger partial charge on any atom is 0.328 e. The molecule has 0 aromatic carbocycles. The van der Waals surface area contributed by atoms with Gasteiger partial charge < -0.3 is 15.2 Å². The molecule has 1 aromatic heterocycles. The van der Waals surface area contributed by atoms with E-state index in [0.717, 1.165) is 6.08 Å². The molecule has 2 unspecified atom stereocenters. The number of hydrogen-bond donors (Lipinski definition) is 2. The Morgan fingerprint density at radius 1 is 1.50 bits per heavy atom. The van der Waals surface area contributed by atoms with Crippen molar-refractivity contribution in [3.63, 3.8) is 0 Å². The summed E-state index contributed by atoms with van der Waals surface area (Å²) in [5, 5.41) is 11.3. The number of rotatable bonds is 4. The fourth-order valence-electron chi connectivity index (χ4n) is 2.00. The van der Waals surface area contributed by atoms with E-state index in [1.54, 1.807) is 18.2 Å². The number of carbonyl (C=O) groups excluding carboxylic acids is 1. The van der Waals surface area contributed by atoms with E-state index in [-0.39, 0.29) is 17.9 Å². The number of ether oxygens (including phenoxy) is 1. The summed E-state index contributed by atoms with van der Waals surface area (Å²) in [6.07, 6.45) is 3.17. The van der Waals surface area contributed by atoms with Crippen molar-refractivity contribution in [3.8, 4) is 0 Å². The van der Waals surface area contributed by atoms with Crippen molar-refractivity contribution in [1.82, 2.24) is 4.98 Å². The fourth-order valence-corrected chi connectivity index (χ4v) is 2.00. The molecular weight excluding hydrogens is 260 g/mol.